The van der Waals surface area contributed by atoms with Gasteiger partial charge in [0.2, 0.25) is 5.76 Å². The van der Waals surface area contributed by atoms with Crippen molar-refractivity contribution in [3.63, 3.8) is 0 Å². The van der Waals surface area contributed by atoms with Gasteiger partial charge in [-0.3, -0.25) is 10.1 Å². The first-order valence-corrected chi connectivity index (χ1v) is 6.96. The maximum Gasteiger partial charge on any atom is 0.296 e. The molecule has 2 heterocycles. The van der Waals surface area contributed by atoms with Crippen LogP contribution in [0.3, 0.4) is 0 Å². The van der Waals surface area contributed by atoms with Crippen LogP contribution < -0.4 is 5.32 Å². The number of aromatic nitrogens is 2. The Labute approximate surface area is 123 Å². The molecule has 3 rings (SSSR count). The topological polar surface area (TPSA) is 68.0 Å². The molecule has 0 spiro atoms. The first kappa shape index (κ1) is 13.4. The van der Waals surface area contributed by atoms with Gasteiger partial charge in [0.25, 0.3) is 5.91 Å². The molecule has 7 heteroatoms. The lowest BCUT2D eigenvalue weighted by Gasteiger charge is -1.96. The number of nitrogens with one attached hydrogen (secondary N) is 1. The van der Waals surface area contributed by atoms with E-state index in [1.54, 1.807) is 12.1 Å². The van der Waals surface area contributed by atoms with E-state index in [4.69, 9.17) is 4.52 Å². The molecule has 0 unspecified atom stereocenters. The van der Waals surface area contributed by atoms with Gasteiger partial charge < -0.3 is 4.52 Å². The maximum absolute atomic E-state index is 13.2. The van der Waals surface area contributed by atoms with Gasteiger partial charge in [-0.1, -0.05) is 17.3 Å². The highest BCUT2D eigenvalue weighted by molar-refractivity contribution is 7.13. The summed E-state index contributed by atoms with van der Waals surface area (Å²) < 4.78 is 18.2. The summed E-state index contributed by atoms with van der Waals surface area (Å²) in [6.07, 6.45) is 0. The van der Waals surface area contributed by atoms with Gasteiger partial charge >= 0.3 is 0 Å². The van der Waals surface area contributed by atoms with Crippen molar-refractivity contribution in [3.8, 4) is 11.3 Å². The summed E-state index contributed by atoms with van der Waals surface area (Å²) >= 11 is 1.32. The number of hydrogen-bond donors (Lipinski definition) is 1. The predicted octanol–water partition coefficient (Wildman–Crippen LogP) is 3.50. The standard InChI is InChI=1S/C14H10FN3O2S/c1-8-7-21-14(16-8)17-13(19)12-6-11(18-20-12)9-3-2-4-10(15)5-9/h2-7H,1H3,(H,16,17,19). The number of benzene rings is 1. The first-order chi connectivity index (χ1) is 10.1. The van der Waals surface area contributed by atoms with Crippen molar-refractivity contribution in [1.82, 2.24) is 10.1 Å². The van der Waals surface area contributed by atoms with Gasteiger partial charge in [-0.05, 0) is 19.1 Å². The SMILES string of the molecule is Cc1csc(NC(=O)c2cc(-c3cccc(F)c3)no2)n1. The Bertz CT molecular complexity index is 797. The molecule has 0 bridgehead atoms. The van der Waals surface area contributed by atoms with Crippen LogP contribution in [0.25, 0.3) is 11.3 Å². The fourth-order valence-electron chi connectivity index (χ4n) is 1.74. The molecule has 0 atom stereocenters. The summed E-state index contributed by atoms with van der Waals surface area (Å²) in [5.41, 5.74) is 1.77. The molecular formula is C14H10FN3O2S. The smallest absolute Gasteiger partial charge is 0.296 e. The van der Waals surface area contributed by atoms with E-state index in [0.717, 1.165) is 5.69 Å². The number of rotatable bonds is 3. The van der Waals surface area contributed by atoms with Crippen LogP contribution in [0.5, 0.6) is 0 Å². The summed E-state index contributed by atoms with van der Waals surface area (Å²) in [6.45, 7) is 1.84. The van der Waals surface area contributed by atoms with E-state index in [9.17, 15) is 9.18 Å². The molecule has 1 amide bonds. The first-order valence-electron chi connectivity index (χ1n) is 6.08. The number of thiazole rings is 1. The highest BCUT2D eigenvalue weighted by Crippen LogP contribution is 2.21. The van der Waals surface area contributed by atoms with Crippen molar-refractivity contribution in [1.29, 1.82) is 0 Å². The Morgan fingerprint density at radius 1 is 1.38 bits per heavy atom. The second-order valence-electron chi connectivity index (χ2n) is 4.33. The van der Waals surface area contributed by atoms with Crippen molar-refractivity contribution in [2.75, 3.05) is 5.32 Å². The van der Waals surface area contributed by atoms with Gasteiger partial charge in [0.15, 0.2) is 5.13 Å². The summed E-state index contributed by atoms with van der Waals surface area (Å²) in [5, 5.41) is 8.71. The minimum atomic E-state index is -0.445. The predicted molar refractivity (Wildman–Crippen MR) is 76.7 cm³/mol. The number of carbonyl (C=O) groups is 1. The average molecular weight is 303 g/mol. The number of halogens is 1. The molecule has 1 aromatic carbocycles. The number of amides is 1. The molecule has 106 valence electrons. The minimum Gasteiger partial charge on any atom is -0.350 e. The summed E-state index contributed by atoms with van der Waals surface area (Å²) in [7, 11) is 0. The molecule has 2 aromatic heterocycles. The Hall–Kier alpha value is -2.54. The second-order valence-corrected chi connectivity index (χ2v) is 5.19. The molecule has 0 aliphatic carbocycles. The van der Waals surface area contributed by atoms with E-state index in [1.165, 1.54) is 29.5 Å². The Kier molecular flexibility index (Phi) is 3.49. The molecule has 1 N–H and O–H groups in total. The number of carbonyl (C=O) groups excluding carboxylic acids is 1. The van der Waals surface area contributed by atoms with Crippen LogP contribution in [0.15, 0.2) is 40.2 Å². The molecule has 3 aromatic rings. The van der Waals surface area contributed by atoms with E-state index in [0.29, 0.717) is 16.4 Å². The van der Waals surface area contributed by atoms with Crippen molar-refractivity contribution in [2.24, 2.45) is 0 Å². The largest absolute Gasteiger partial charge is 0.350 e. The molecule has 0 aliphatic rings. The lowest BCUT2D eigenvalue weighted by atomic mass is 10.1. The summed E-state index contributed by atoms with van der Waals surface area (Å²) in [6, 6.07) is 7.38. The molecule has 0 fully saturated rings. The average Bonchev–Trinajstić information content (AvgIpc) is 3.08. The highest BCUT2D eigenvalue weighted by atomic mass is 32.1. The number of hydrogen-bond acceptors (Lipinski definition) is 5. The van der Waals surface area contributed by atoms with Crippen molar-refractivity contribution >= 4 is 22.4 Å². The van der Waals surface area contributed by atoms with Crippen LogP contribution in [0.4, 0.5) is 9.52 Å². The fourth-order valence-corrected chi connectivity index (χ4v) is 2.42. The van der Waals surface area contributed by atoms with Gasteiger partial charge in [0.05, 0.1) is 5.69 Å². The van der Waals surface area contributed by atoms with E-state index in [-0.39, 0.29) is 11.6 Å². The van der Waals surface area contributed by atoms with Crippen LogP contribution >= 0.6 is 11.3 Å². The molecule has 21 heavy (non-hydrogen) atoms. The van der Waals surface area contributed by atoms with Gasteiger partial charge in [0, 0.05) is 17.0 Å². The zero-order valence-corrected chi connectivity index (χ0v) is 11.8. The number of aryl methyl sites for hydroxylation is 1. The van der Waals surface area contributed by atoms with Crippen LogP contribution in [-0.4, -0.2) is 16.0 Å². The third-order valence-electron chi connectivity index (χ3n) is 2.69. The third kappa shape index (κ3) is 2.97. The zero-order valence-electron chi connectivity index (χ0n) is 11.0. The van der Waals surface area contributed by atoms with E-state index >= 15 is 0 Å². The van der Waals surface area contributed by atoms with Gasteiger partial charge in [0.1, 0.15) is 11.5 Å². The lowest BCUT2D eigenvalue weighted by molar-refractivity contribution is 0.0988. The van der Waals surface area contributed by atoms with Gasteiger partial charge in [-0.25, -0.2) is 9.37 Å². The van der Waals surface area contributed by atoms with Crippen molar-refractivity contribution in [2.45, 2.75) is 6.92 Å². The van der Waals surface area contributed by atoms with Crippen LogP contribution in [0.2, 0.25) is 0 Å². The van der Waals surface area contributed by atoms with Crippen LogP contribution in [0.1, 0.15) is 16.2 Å². The normalized spacial score (nSPS) is 10.6. The summed E-state index contributed by atoms with van der Waals surface area (Å²) in [4.78, 5) is 16.1. The molecule has 5 nitrogen and oxygen atoms in total. The second kappa shape index (κ2) is 5.45. The molecule has 0 aliphatic heterocycles. The highest BCUT2D eigenvalue weighted by Gasteiger charge is 2.15. The minimum absolute atomic E-state index is 0.0436. The fraction of sp³-hybridized carbons (Fsp3) is 0.0714. The molecule has 0 saturated heterocycles. The van der Waals surface area contributed by atoms with E-state index in [1.807, 2.05) is 12.3 Å². The number of anilines is 1. The monoisotopic (exact) mass is 303 g/mol. The van der Waals surface area contributed by atoms with E-state index in [2.05, 4.69) is 15.5 Å². The Morgan fingerprint density at radius 3 is 2.95 bits per heavy atom. The number of nitrogens with zero attached hydrogens (tertiary/aromatic N) is 2. The zero-order chi connectivity index (χ0) is 14.8. The van der Waals surface area contributed by atoms with Crippen molar-refractivity contribution in [3.05, 3.63) is 53.0 Å². The van der Waals surface area contributed by atoms with Gasteiger partial charge in [-0.2, -0.15) is 0 Å². The molecular weight excluding hydrogens is 293 g/mol. The molecule has 0 radical (unpaired) electrons. The lowest BCUT2D eigenvalue weighted by Crippen LogP contribution is -2.10. The van der Waals surface area contributed by atoms with E-state index < -0.39 is 5.91 Å². The van der Waals surface area contributed by atoms with Gasteiger partial charge in [-0.15, -0.1) is 11.3 Å². The third-order valence-corrected chi connectivity index (χ3v) is 3.57. The van der Waals surface area contributed by atoms with Crippen LogP contribution in [0, 0.1) is 12.7 Å². The Morgan fingerprint density at radius 2 is 2.24 bits per heavy atom. The quantitative estimate of drug-likeness (QED) is 0.804. The maximum atomic E-state index is 13.2. The summed E-state index contributed by atoms with van der Waals surface area (Å²) in [5.74, 6) is -0.777. The molecule has 0 saturated carbocycles. The van der Waals surface area contributed by atoms with Crippen LogP contribution in [-0.2, 0) is 0 Å². The van der Waals surface area contributed by atoms with Crippen molar-refractivity contribution < 1.29 is 13.7 Å². The Balaban J connectivity index is 1.80.